The molecule has 1 aliphatic heterocycles. The summed E-state index contributed by atoms with van der Waals surface area (Å²) in [4.78, 5) is 0. The fraction of sp³-hybridized carbons (Fsp3) is 0.625. The van der Waals surface area contributed by atoms with E-state index in [1.165, 1.54) is 0 Å². The summed E-state index contributed by atoms with van der Waals surface area (Å²) in [7, 11) is 0. The molecule has 1 fully saturated rings. The van der Waals surface area contributed by atoms with Crippen molar-refractivity contribution in [1.29, 1.82) is 0 Å². The number of hydrogen-bond acceptors (Lipinski definition) is 2. The second-order valence-electron chi connectivity index (χ2n) is 6.98. The Morgan fingerprint density at radius 3 is 2.32 bits per heavy atom. The van der Waals surface area contributed by atoms with Gasteiger partial charge in [-0.1, -0.05) is 34.1 Å². The fourth-order valence-electron chi connectivity index (χ4n) is 3.58. The number of halogens is 1. The lowest BCUT2D eigenvalue weighted by molar-refractivity contribution is -0.0814. The highest BCUT2D eigenvalue weighted by atomic mass is 79.9. The van der Waals surface area contributed by atoms with E-state index in [2.05, 4.69) is 56.6 Å². The van der Waals surface area contributed by atoms with Gasteiger partial charge in [-0.15, -0.1) is 0 Å². The van der Waals surface area contributed by atoms with Crippen LogP contribution in [0, 0.1) is 5.92 Å². The van der Waals surface area contributed by atoms with Gasteiger partial charge < -0.3 is 10.5 Å². The predicted molar refractivity (Wildman–Crippen MR) is 83.0 cm³/mol. The first kappa shape index (κ1) is 15.0. The summed E-state index contributed by atoms with van der Waals surface area (Å²) >= 11 is 3.62. The molecule has 0 aromatic heterocycles. The summed E-state index contributed by atoms with van der Waals surface area (Å²) in [5.74, 6) is 0.272. The molecule has 1 aromatic rings. The van der Waals surface area contributed by atoms with E-state index in [-0.39, 0.29) is 17.1 Å². The average molecular weight is 326 g/mol. The molecule has 2 nitrogen and oxygen atoms in total. The van der Waals surface area contributed by atoms with Crippen LogP contribution in [0.25, 0.3) is 0 Å². The lowest BCUT2D eigenvalue weighted by Crippen LogP contribution is -2.48. The molecule has 0 radical (unpaired) electrons. The number of benzene rings is 1. The Balaban J connectivity index is 2.43. The van der Waals surface area contributed by atoms with Gasteiger partial charge in [0, 0.05) is 15.9 Å². The Kier molecular flexibility index (Phi) is 3.62. The van der Waals surface area contributed by atoms with Crippen molar-refractivity contribution < 1.29 is 4.74 Å². The zero-order valence-corrected chi connectivity index (χ0v) is 14.0. The van der Waals surface area contributed by atoms with Crippen molar-refractivity contribution in [2.24, 2.45) is 11.7 Å². The Morgan fingerprint density at radius 1 is 1.26 bits per heavy atom. The van der Waals surface area contributed by atoms with Crippen LogP contribution < -0.4 is 5.73 Å². The van der Waals surface area contributed by atoms with Crippen LogP contribution in [-0.2, 0) is 10.3 Å². The van der Waals surface area contributed by atoms with Gasteiger partial charge in [0.15, 0.2) is 0 Å². The zero-order valence-electron chi connectivity index (χ0n) is 12.5. The normalized spacial score (nSPS) is 28.1. The molecular formula is C16H24BrNO. The van der Waals surface area contributed by atoms with Crippen LogP contribution in [-0.4, -0.2) is 11.2 Å². The molecule has 0 amide bonds. The van der Waals surface area contributed by atoms with E-state index >= 15 is 0 Å². The highest BCUT2D eigenvalue weighted by Gasteiger charge is 2.53. The first-order valence-corrected chi connectivity index (χ1v) is 7.60. The van der Waals surface area contributed by atoms with E-state index in [1.54, 1.807) is 0 Å². The summed E-state index contributed by atoms with van der Waals surface area (Å²) < 4.78 is 7.27. The molecule has 3 heteroatoms. The van der Waals surface area contributed by atoms with Crippen molar-refractivity contribution in [2.75, 3.05) is 0 Å². The standard InChI is InChI=1S/C16H24BrNO/c1-14(2)10-13(15(3,4)19-14)16(5,18)11-8-6-7-9-12(11)17/h6-9,13H,10,18H2,1-5H3. The van der Waals surface area contributed by atoms with E-state index in [0.29, 0.717) is 0 Å². The van der Waals surface area contributed by atoms with E-state index in [4.69, 9.17) is 10.5 Å². The van der Waals surface area contributed by atoms with Crippen molar-refractivity contribution in [1.82, 2.24) is 0 Å². The number of ether oxygens (including phenoxy) is 1. The number of rotatable bonds is 2. The molecule has 2 unspecified atom stereocenters. The van der Waals surface area contributed by atoms with Crippen LogP contribution in [0.2, 0.25) is 0 Å². The number of nitrogens with two attached hydrogens (primary N) is 1. The first-order valence-electron chi connectivity index (χ1n) is 6.80. The summed E-state index contributed by atoms with van der Waals surface area (Å²) in [6.07, 6.45) is 0.967. The minimum absolute atomic E-state index is 0.115. The smallest absolute Gasteiger partial charge is 0.0683 e. The largest absolute Gasteiger partial charge is 0.369 e. The van der Waals surface area contributed by atoms with Crippen molar-refractivity contribution in [3.05, 3.63) is 34.3 Å². The molecule has 2 N–H and O–H groups in total. The Labute approximate surface area is 124 Å². The molecular weight excluding hydrogens is 302 g/mol. The van der Waals surface area contributed by atoms with Crippen molar-refractivity contribution in [3.63, 3.8) is 0 Å². The van der Waals surface area contributed by atoms with Gasteiger partial charge in [0.25, 0.3) is 0 Å². The maximum atomic E-state index is 6.73. The maximum absolute atomic E-state index is 6.73. The monoisotopic (exact) mass is 325 g/mol. The lowest BCUT2D eigenvalue weighted by atomic mass is 9.70. The van der Waals surface area contributed by atoms with Gasteiger partial charge in [0.2, 0.25) is 0 Å². The van der Waals surface area contributed by atoms with Gasteiger partial charge >= 0.3 is 0 Å². The van der Waals surface area contributed by atoms with Crippen molar-refractivity contribution in [3.8, 4) is 0 Å². The second-order valence-corrected chi connectivity index (χ2v) is 7.84. The van der Waals surface area contributed by atoms with Crippen molar-refractivity contribution >= 4 is 15.9 Å². The molecule has 2 rings (SSSR count). The van der Waals surface area contributed by atoms with Gasteiger partial charge in [-0.3, -0.25) is 0 Å². The van der Waals surface area contributed by atoms with Crippen molar-refractivity contribution in [2.45, 2.75) is 57.8 Å². The second kappa shape index (κ2) is 4.57. The first-order chi connectivity index (χ1) is 8.56. The van der Waals surface area contributed by atoms with Crippen LogP contribution in [0.4, 0.5) is 0 Å². The Hall–Kier alpha value is -0.380. The van der Waals surface area contributed by atoms with Crippen LogP contribution in [0.5, 0.6) is 0 Å². The molecule has 0 saturated carbocycles. The highest BCUT2D eigenvalue weighted by Crippen LogP contribution is 2.50. The molecule has 19 heavy (non-hydrogen) atoms. The quantitative estimate of drug-likeness (QED) is 0.883. The van der Waals surface area contributed by atoms with E-state index in [9.17, 15) is 0 Å². The Morgan fingerprint density at radius 2 is 1.84 bits per heavy atom. The third-order valence-corrected chi connectivity index (χ3v) is 4.94. The van der Waals surface area contributed by atoms with Crippen LogP contribution >= 0.6 is 15.9 Å². The van der Waals surface area contributed by atoms with Gasteiger partial charge in [-0.05, 0) is 52.7 Å². The molecule has 1 heterocycles. The van der Waals surface area contributed by atoms with E-state index in [0.717, 1.165) is 16.5 Å². The minimum Gasteiger partial charge on any atom is -0.369 e. The average Bonchev–Trinajstić information content (AvgIpc) is 2.47. The van der Waals surface area contributed by atoms with Gasteiger partial charge in [0.05, 0.1) is 11.2 Å². The van der Waals surface area contributed by atoms with Crippen LogP contribution in [0.1, 0.15) is 46.6 Å². The fourth-order valence-corrected chi connectivity index (χ4v) is 4.29. The topological polar surface area (TPSA) is 35.2 Å². The molecule has 1 aliphatic rings. The molecule has 1 saturated heterocycles. The van der Waals surface area contributed by atoms with Gasteiger partial charge in [0.1, 0.15) is 0 Å². The Bertz CT molecular complexity index is 479. The van der Waals surface area contributed by atoms with E-state index < -0.39 is 5.54 Å². The summed E-state index contributed by atoms with van der Waals surface area (Å²) in [6.45, 7) is 10.7. The molecule has 0 bridgehead atoms. The third-order valence-electron chi connectivity index (χ3n) is 4.25. The lowest BCUT2D eigenvalue weighted by Gasteiger charge is -2.39. The van der Waals surface area contributed by atoms with Gasteiger partial charge in [-0.25, -0.2) is 0 Å². The number of hydrogen-bond donors (Lipinski definition) is 1. The SMILES string of the molecule is CC1(C)CC(C(C)(N)c2ccccc2Br)C(C)(C)O1. The third kappa shape index (κ3) is 2.74. The molecule has 1 aromatic carbocycles. The van der Waals surface area contributed by atoms with E-state index in [1.807, 2.05) is 18.2 Å². The van der Waals surface area contributed by atoms with Crippen LogP contribution in [0.15, 0.2) is 28.7 Å². The van der Waals surface area contributed by atoms with Gasteiger partial charge in [-0.2, -0.15) is 0 Å². The minimum atomic E-state index is -0.419. The van der Waals surface area contributed by atoms with Crippen LogP contribution in [0.3, 0.4) is 0 Å². The summed E-state index contributed by atoms with van der Waals surface area (Å²) in [6, 6.07) is 8.21. The highest BCUT2D eigenvalue weighted by molar-refractivity contribution is 9.10. The zero-order chi connectivity index (χ0) is 14.5. The molecule has 106 valence electrons. The summed E-state index contributed by atoms with van der Waals surface area (Å²) in [5, 5.41) is 0. The predicted octanol–water partition coefficient (Wildman–Crippen LogP) is 4.22. The maximum Gasteiger partial charge on any atom is 0.0683 e. The molecule has 0 spiro atoms. The summed E-state index contributed by atoms with van der Waals surface area (Å²) in [5.41, 5.74) is 7.12. The molecule has 2 atom stereocenters. The molecule has 0 aliphatic carbocycles.